The summed E-state index contributed by atoms with van der Waals surface area (Å²) < 4.78 is 7.60. The van der Waals surface area contributed by atoms with Crippen LogP contribution in [-0.4, -0.2) is 25.6 Å². The average Bonchev–Trinajstić information content (AvgIpc) is 3.30. The predicted molar refractivity (Wildman–Crippen MR) is 154 cm³/mol. The van der Waals surface area contributed by atoms with E-state index >= 15 is 0 Å². The van der Waals surface area contributed by atoms with Crippen LogP contribution in [0.3, 0.4) is 0 Å². The van der Waals surface area contributed by atoms with E-state index in [0.29, 0.717) is 35.7 Å². The van der Waals surface area contributed by atoms with E-state index in [9.17, 15) is 14.9 Å². The molecule has 1 aliphatic heterocycles. The summed E-state index contributed by atoms with van der Waals surface area (Å²) in [5, 5.41) is 15.1. The zero-order valence-electron chi connectivity index (χ0n) is 21.8. The topological polar surface area (TPSA) is 138 Å². The normalized spacial score (nSPS) is 14.3. The molecular formula is C31H24N6O4. The van der Waals surface area contributed by atoms with Crippen LogP contribution in [0.15, 0.2) is 91.1 Å². The van der Waals surface area contributed by atoms with Gasteiger partial charge in [0.2, 0.25) is 0 Å². The second kappa shape index (κ2) is 9.30. The number of nitro groups is 1. The number of pyridine rings is 1. The Morgan fingerprint density at radius 3 is 2.54 bits per heavy atom. The molecular weight excluding hydrogens is 520 g/mol. The van der Waals surface area contributed by atoms with Crippen molar-refractivity contribution in [3.8, 4) is 39.6 Å². The van der Waals surface area contributed by atoms with Gasteiger partial charge < -0.3 is 15.8 Å². The number of amides is 1. The number of rotatable bonds is 5. The number of imidazole rings is 1. The van der Waals surface area contributed by atoms with E-state index in [1.54, 1.807) is 18.3 Å². The number of non-ortho nitro benzene ring substituents is 1. The smallest absolute Gasteiger partial charge is 0.405 e. The third-order valence-corrected chi connectivity index (χ3v) is 7.80. The van der Waals surface area contributed by atoms with Crippen molar-refractivity contribution in [3.63, 3.8) is 0 Å². The maximum absolute atomic E-state index is 11.7. The first-order valence-electron chi connectivity index (χ1n) is 13.2. The number of nitro benzene ring substituents is 1. The number of carbonyl (C=O) groups is 1. The van der Waals surface area contributed by atoms with Gasteiger partial charge in [-0.25, -0.2) is 14.8 Å². The summed E-state index contributed by atoms with van der Waals surface area (Å²) in [6.07, 6.45) is 3.29. The standard InChI is InChI=1S/C31H24N6O4/c32-30(38)41-31(15-5-16-31)21-13-11-19(12-14-21)27-26(20-6-3-7-22(18-20)37(39)40)35-29-23-8-1-2-9-24(23)34-28-25(36(27)29)10-4-17-33-28/h1-4,6-14,17-18H,5,15-16H2,(H2,32,38)(H,33,34). The molecule has 0 radical (unpaired) electrons. The van der Waals surface area contributed by atoms with Crippen LogP contribution in [0.5, 0.6) is 0 Å². The molecule has 41 heavy (non-hydrogen) atoms. The summed E-state index contributed by atoms with van der Waals surface area (Å²) in [5.74, 6) is 1.33. The van der Waals surface area contributed by atoms with Crippen LogP contribution in [0.25, 0.3) is 39.6 Å². The number of anilines is 2. The summed E-state index contributed by atoms with van der Waals surface area (Å²) in [7, 11) is 0. The van der Waals surface area contributed by atoms with Gasteiger partial charge in [-0.1, -0.05) is 48.5 Å². The Kier molecular flexibility index (Phi) is 5.56. The molecule has 0 atom stereocenters. The van der Waals surface area contributed by atoms with Gasteiger partial charge in [0.1, 0.15) is 11.4 Å². The molecule has 2 aromatic heterocycles. The lowest BCUT2D eigenvalue weighted by atomic mass is 9.74. The Bertz CT molecular complexity index is 1840. The lowest BCUT2D eigenvalue weighted by molar-refractivity contribution is -0.384. The van der Waals surface area contributed by atoms with Crippen LogP contribution in [0.2, 0.25) is 0 Å². The van der Waals surface area contributed by atoms with E-state index in [-0.39, 0.29) is 5.69 Å². The van der Waals surface area contributed by atoms with E-state index in [1.165, 1.54) is 6.07 Å². The van der Waals surface area contributed by atoms with Gasteiger partial charge in [-0.15, -0.1) is 0 Å². The number of carbonyl (C=O) groups excluding carboxylic acids is 1. The number of hydrogen-bond donors (Lipinski definition) is 2. The van der Waals surface area contributed by atoms with Crippen molar-refractivity contribution in [2.45, 2.75) is 24.9 Å². The van der Waals surface area contributed by atoms with Crippen LogP contribution in [0, 0.1) is 10.1 Å². The Labute approximate surface area is 234 Å². The fraction of sp³-hybridized carbons (Fsp3) is 0.129. The molecule has 0 bridgehead atoms. The van der Waals surface area contributed by atoms with Crippen molar-refractivity contribution in [2.75, 3.05) is 5.32 Å². The minimum atomic E-state index is -0.793. The average molecular weight is 545 g/mol. The fourth-order valence-corrected chi connectivity index (χ4v) is 5.73. The van der Waals surface area contributed by atoms with E-state index < -0.39 is 16.6 Å². The number of hydrogen-bond acceptors (Lipinski definition) is 7. The van der Waals surface area contributed by atoms with Gasteiger partial charge in [0.15, 0.2) is 5.82 Å². The molecule has 1 aliphatic carbocycles. The number of nitrogens with zero attached hydrogens (tertiary/aromatic N) is 4. The maximum atomic E-state index is 11.7. The number of aromatic nitrogens is 3. The molecule has 0 unspecified atom stereocenters. The Hall–Kier alpha value is -5.51. The van der Waals surface area contributed by atoms with E-state index in [2.05, 4.69) is 10.3 Å². The van der Waals surface area contributed by atoms with Gasteiger partial charge in [-0.05, 0) is 49.1 Å². The van der Waals surface area contributed by atoms with Crippen molar-refractivity contribution >= 4 is 23.3 Å². The number of para-hydroxylation sites is 1. The zero-order chi connectivity index (χ0) is 28.1. The molecule has 7 rings (SSSR count). The van der Waals surface area contributed by atoms with Crippen LogP contribution in [0.1, 0.15) is 24.8 Å². The first-order chi connectivity index (χ1) is 19.9. The molecule has 5 aromatic rings. The second-order valence-electron chi connectivity index (χ2n) is 10.2. The minimum Gasteiger partial charge on any atom is -0.438 e. The zero-order valence-corrected chi connectivity index (χ0v) is 21.8. The number of fused-ring (bicyclic) bond motifs is 5. The highest BCUT2D eigenvalue weighted by atomic mass is 16.6. The summed E-state index contributed by atoms with van der Waals surface area (Å²) in [4.78, 5) is 32.6. The molecule has 1 amide bonds. The maximum Gasteiger partial charge on any atom is 0.405 e. The Morgan fingerprint density at radius 1 is 1.00 bits per heavy atom. The van der Waals surface area contributed by atoms with Gasteiger partial charge in [-0.3, -0.25) is 14.7 Å². The lowest BCUT2D eigenvalue weighted by Gasteiger charge is -2.40. The number of ether oxygens (including phenoxy) is 1. The van der Waals surface area contributed by atoms with Crippen molar-refractivity contribution in [3.05, 3.63) is 107 Å². The van der Waals surface area contributed by atoms with Crippen molar-refractivity contribution in [2.24, 2.45) is 5.73 Å². The number of nitrogens with two attached hydrogens (primary N) is 1. The minimum absolute atomic E-state index is 0.0216. The first-order valence-corrected chi connectivity index (χ1v) is 13.2. The molecule has 202 valence electrons. The van der Waals surface area contributed by atoms with Gasteiger partial charge in [0, 0.05) is 35.0 Å². The molecule has 3 aromatic carbocycles. The summed E-state index contributed by atoms with van der Waals surface area (Å²) in [6, 6.07) is 26.0. The molecule has 10 nitrogen and oxygen atoms in total. The Balaban J connectivity index is 1.49. The monoisotopic (exact) mass is 544 g/mol. The lowest BCUT2D eigenvalue weighted by Crippen LogP contribution is -2.40. The SMILES string of the molecule is NC(=O)OC1(c2ccc(-c3c(-c4cccc([N+](=O)[O-])c4)nc4n3-c3cccnc3Nc3ccccc3-4)cc2)CCC1. The third-order valence-electron chi connectivity index (χ3n) is 7.80. The van der Waals surface area contributed by atoms with Gasteiger partial charge in [0.05, 0.1) is 27.7 Å². The summed E-state index contributed by atoms with van der Waals surface area (Å²) in [6.45, 7) is 0. The predicted octanol–water partition coefficient (Wildman–Crippen LogP) is 6.71. The van der Waals surface area contributed by atoms with Gasteiger partial charge in [-0.2, -0.15) is 0 Å². The van der Waals surface area contributed by atoms with Crippen LogP contribution in [0.4, 0.5) is 22.0 Å². The van der Waals surface area contributed by atoms with Gasteiger partial charge >= 0.3 is 6.09 Å². The molecule has 2 aliphatic rings. The molecule has 1 fully saturated rings. The third kappa shape index (κ3) is 3.99. The fourth-order valence-electron chi connectivity index (χ4n) is 5.73. The molecule has 3 N–H and O–H groups in total. The molecule has 3 heterocycles. The molecule has 0 spiro atoms. The van der Waals surface area contributed by atoms with Crippen LogP contribution < -0.4 is 11.1 Å². The largest absolute Gasteiger partial charge is 0.438 e. The number of primary amides is 1. The van der Waals surface area contributed by atoms with E-state index in [0.717, 1.165) is 40.2 Å². The highest BCUT2D eigenvalue weighted by Crippen LogP contribution is 2.47. The second-order valence-corrected chi connectivity index (χ2v) is 10.2. The first kappa shape index (κ1) is 24.5. The summed E-state index contributed by atoms with van der Waals surface area (Å²) >= 11 is 0. The highest BCUT2D eigenvalue weighted by molar-refractivity contribution is 5.91. The van der Waals surface area contributed by atoms with Crippen LogP contribution >= 0.6 is 0 Å². The van der Waals surface area contributed by atoms with Crippen molar-refractivity contribution in [1.29, 1.82) is 0 Å². The van der Waals surface area contributed by atoms with Crippen molar-refractivity contribution in [1.82, 2.24) is 14.5 Å². The van der Waals surface area contributed by atoms with Crippen LogP contribution in [-0.2, 0) is 10.3 Å². The molecule has 10 heteroatoms. The van der Waals surface area contributed by atoms with E-state index in [1.807, 2.05) is 71.3 Å². The highest BCUT2D eigenvalue weighted by Gasteiger charge is 2.42. The van der Waals surface area contributed by atoms with Gasteiger partial charge in [0.25, 0.3) is 5.69 Å². The molecule has 0 saturated heterocycles. The number of nitrogens with one attached hydrogen (secondary N) is 1. The Morgan fingerprint density at radius 2 is 1.80 bits per heavy atom. The van der Waals surface area contributed by atoms with Crippen molar-refractivity contribution < 1.29 is 14.5 Å². The van der Waals surface area contributed by atoms with E-state index in [4.69, 9.17) is 15.5 Å². The molecule has 1 saturated carbocycles. The summed E-state index contributed by atoms with van der Waals surface area (Å²) in [5.41, 5.74) is 10.8. The number of benzene rings is 3. The quantitative estimate of drug-likeness (QED) is 0.182.